The van der Waals surface area contributed by atoms with Crippen molar-refractivity contribution in [3.8, 4) is 9.88 Å². The van der Waals surface area contributed by atoms with Crippen LogP contribution in [0.4, 0.5) is 10.8 Å². The Bertz CT molecular complexity index is 806. The van der Waals surface area contributed by atoms with E-state index in [1.165, 1.54) is 27.8 Å². The molecule has 0 unspecified atom stereocenters. The number of aryl methyl sites for hydroxylation is 3. The number of carbonyl (C=O) groups excluding carboxylic acids is 1. The summed E-state index contributed by atoms with van der Waals surface area (Å²) in [6.07, 6.45) is 0.760. The maximum atomic E-state index is 11.5. The first-order valence-electron chi connectivity index (χ1n) is 6.54. The van der Waals surface area contributed by atoms with Gasteiger partial charge in [-0.25, -0.2) is 0 Å². The third kappa shape index (κ3) is 2.75. The summed E-state index contributed by atoms with van der Waals surface area (Å²) in [6, 6.07) is 5.95. The van der Waals surface area contributed by atoms with Crippen LogP contribution in [0.25, 0.3) is 9.88 Å². The predicted octanol–water partition coefficient (Wildman–Crippen LogP) is 3.28. The lowest BCUT2D eigenvalue weighted by Gasteiger charge is -2.14. The van der Waals surface area contributed by atoms with Gasteiger partial charge in [0.25, 0.3) is 0 Å². The van der Waals surface area contributed by atoms with Gasteiger partial charge in [-0.1, -0.05) is 21.9 Å². The van der Waals surface area contributed by atoms with Crippen LogP contribution >= 0.6 is 22.9 Å². The highest BCUT2D eigenvalue weighted by Crippen LogP contribution is 2.34. The highest BCUT2D eigenvalue weighted by molar-refractivity contribution is 7.22. The van der Waals surface area contributed by atoms with Crippen molar-refractivity contribution in [2.75, 3.05) is 4.90 Å². The molecule has 2 heterocycles. The van der Waals surface area contributed by atoms with Crippen molar-refractivity contribution in [3.05, 3.63) is 35.0 Å². The minimum atomic E-state index is 0.530. The van der Waals surface area contributed by atoms with Crippen LogP contribution in [-0.2, 0) is 4.79 Å². The van der Waals surface area contributed by atoms with E-state index < -0.39 is 0 Å². The minimum absolute atomic E-state index is 0.530. The van der Waals surface area contributed by atoms with Gasteiger partial charge in [-0.05, 0) is 55.6 Å². The lowest BCUT2D eigenvalue weighted by molar-refractivity contribution is -0.106. The van der Waals surface area contributed by atoms with Crippen molar-refractivity contribution >= 4 is 40.1 Å². The van der Waals surface area contributed by atoms with Crippen molar-refractivity contribution in [2.24, 2.45) is 0 Å². The number of hydrogen-bond donors (Lipinski definition) is 0. The molecule has 0 fully saturated rings. The first-order chi connectivity index (χ1) is 10.6. The minimum Gasteiger partial charge on any atom is -0.278 e. The Balaban J connectivity index is 2.00. The van der Waals surface area contributed by atoms with Gasteiger partial charge < -0.3 is 0 Å². The largest absolute Gasteiger partial charge is 0.278 e. The molecule has 22 heavy (non-hydrogen) atoms. The first kappa shape index (κ1) is 14.7. The quantitative estimate of drug-likeness (QED) is 0.686. The summed E-state index contributed by atoms with van der Waals surface area (Å²) in [5.74, 6) is 0. The number of benzene rings is 1. The van der Waals surface area contributed by atoms with Gasteiger partial charge in [-0.2, -0.15) is 0 Å². The van der Waals surface area contributed by atoms with Gasteiger partial charge in [0.1, 0.15) is 4.88 Å². The zero-order valence-corrected chi connectivity index (χ0v) is 13.9. The highest BCUT2D eigenvalue weighted by atomic mass is 32.1. The molecule has 0 spiro atoms. The van der Waals surface area contributed by atoms with Crippen LogP contribution in [0.2, 0.25) is 0 Å². The summed E-state index contributed by atoms with van der Waals surface area (Å²) < 4.78 is 3.90. The highest BCUT2D eigenvalue weighted by Gasteiger charge is 2.18. The molecular weight excluding hydrogens is 318 g/mol. The van der Waals surface area contributed by atoms with Crippen LogP contribution in [-0.4, -0.2) is 26.2 Å². The van der Waals surface area contributed by atoms with Crippen LogP contribution in [0.5, 0.6) is 0 Å². The van der Waals surface area contributed by atoms with Crippen molar-refractivity contribution < 1.29 is 4.79 Å². The average molecular weight is 331 g/mol. The van der Waals surface area contributed by atoms with Crippen LogP contribution in [0.15, 0.2) is 18.2 Å². The molecule has 0 N–H and O–H groups in total. The number of anilines is 2. The second-order valence-corrected chi connectivity index (χ2v) is 6.61. The lowest BCUT2D eigenvalue weighted by atomic mass is 10.1. The smallest absolute Gasteiger partial charge is 0.220 e. The Hall–Kier alpha value is -2.19. The van der Waals surface area contributed by atoms with Crippen molar-refractivity contribution in [3.63, 3.8) is 0 Å². The molecule has 0 saturated carbocycles. The van der Waals surface area contributed by atoms with Gasteiger partial charge in [0.05, 0.1) is 11.4 Å². The van der Waals surface area contributed by atoms with Gasteiger partial charge in [-0.3, -0.25) is 9.69 Å². The van der Waals surface area contributed by atoms with E-state index in [0.29, 0.717) is 5.13 Å². The lowest BCUT2D eigenvalue weighted by Crippen LogP contribution is -2.14. The second kappa shape index (κ2) is 5.90. The molecule has 0 bridgehead atoms. The third-order valence-corrected chi connectivity index (χ3v) is 4.96. The first-order valence-corrected chi connectivity index (χ1v) is 8.13. The van der Waals surface area contributed by atoms with Crippen molar-refractivity contribution in [2.45, 2.75) is 20.8 Å². The molecule has 112 valence electrons. The van der Waals surface area contributed by atoms with Crippen LogP contribution in [0.3, 0.4) is 0 Å². The van der Waals surface area contributed by atoms with E-state index in [1.807, 2.05) is 32.9 Å². The fraction of sp³-hybridized carbons (Fsp3) is 0.214. The molecule has 2 aromatic heterocycles. The van der Waals surface area contributed by atoms with Gasteiger partial charge in [0, 0.05) is 0 Å². The summed E-state index contributed by atoms with van der Waals surface area (Å²) in [7, 11) is 0. The summed E-state index contributed by atoms with van der Waals surface area (Å²) in [4.78, 5) is 13.9. The van der Waals surface area contributed by atoms with E-state index in [0.717, 1.165) is 38.8 Å². The summed E-state index contributed by atoms with van der Waals surface area (Å²) in [6.45, 7) is 5.87. The number of hydrogen-bond acceptors (Lipinski definition) is 7. The molecule has 0 saturated heterocycles. The number of aromatic nitrogens is 4. The monoisotopic (exact) mass is 331 g/mol. The van der Waals surface area contributed by atoms with Crippen LogP contribution < -0.4 is 4.90 Å². The Morgan fingerprint density at radius 2 is 1.77 bits per heavy atom. The topological polar surface area (TPSA) is 71.9 Å². The molecule has 0 atom stereocenters. The molecule has 3 rings (SSSR count). The van der Waals surface area contributed by atoms with E-state index in [4.69, 9.17) is 0 Å². The van der Waals surface area contributed by atoms with Gasteiger partial charge in [0.2, 0.25) is 11.5 Å². The van der Waals surface area contributed by atoms with Gasteiger partial charge in [0.15, 0.2) is 5.01 Å². The summed E-state index contributed by atoms with van der Waals surface area (Å²) in [5.41, 5.74) is 3.79. The predicted molar refractivity (Wildman–Crippen MR) is 87.7 cm³/mol. The zero-order valence-electron chi connectivity index (χ0n) is 12.3. The maximum Gasteiger partial charge on any atom is 0.220 e. The van der Waals surface area contributed by atoms with Crippen molar-refractivity contribution in [1.29, 1.82) is 0 Å². The van der Waals surface area contributed by atoms with Crippen LogP contribution in [0.1, 0.15) is 16.8 Å². The Morgan fingerprint density at radius 3 is 2.36 bits per heavy atom. The van der Waals surface area contributed by atoms with E-state index in [9.17, 15) is 4.79 Å². The molecule has 8 heteroatoms. The summed E-state index contributed by atoms with van der Waals surface area (Å²) in [5, 5.41) is 13.5. The summed E-state index contributed by atoms with van der Waals surface area (Å²) >= 11 is 2.62. The van der Waals surface area contributed by atoms with Crippen LogP contribution in [0, 0.1) is 20.8 Å². The molecule has 3 aromatic rings. The third-order valence-electron chi connectivity index (χ3n) is 3.06. The average Bonchev–Trinajstić information content (AvgIpc) is 3.07. The van der Waals surface area contributed by atoms with E-state index in [2.05, 4.69) is 25.9 Å². The molecule has 1 amide bonds. The normalized spacial score (nSPS) is 10.7. The molecule has 6 nitrogen and oxygen atoms in total. The van der Waals surface area contributed by atoms with E-state index in [-0.39, 0.29) is 0 Å². The number of rotatable bonds is 4. The second-order valence-electron chi connectivity index (χ2n) is 4.90. The Kier molecular flexibility index (Phi) is 3.95. The Morgan fingerprint density at radius 1 is 1.05 bits per heavy atom. The van der Waals surface area contributed by atoms with E-state index >= 15 is 0 Å². The number of carbonyl (C=O) groups is 1. The standard InChI is InChI=1S/C14H13N5OS2/c1-8-4-9(2)6-11(5-8)19(7-20)14-17-16-13(21-14)12-10(3)15-18-22-12/h4-7H,1-3H3. The fourth-order valence-corrected chi connectivity index (χ4v) is 3.74. The van der Waals surface area contributed by atoms with Gasteiger partial charge in [-0.15, -0.1) is 15.3 Å². The molecule has 0 radical (unpaired) electrons. The SMILES string of the molecule is Cc1cc(C)cc(N(C=O)c2nnc(-c3snnc3C)s2)c1. The molecule has 0 aliphatic heterocycles. The molecule has 0 aliphatic rings. The van der Waals surface area contributed by atoms with Gasteiger partial charge >= 0.3 is 0 Å². The molecule has 0 aliphatic carbocycles. The fourth-order valence-electron chi connectivity index (χ4n) is 2.14. The molecule has 1 aromatic carbocycles. The zero-order chi connectivity index (χ0) is 15.7. The van der Waals surface area contributed by atoms with Crippen molar-refractivity contribution in [1.82, 2.24) is 19.8 Å². The molecular formula is C14H13N5OS2. The maximum absolute atomic E-state index is 11.5. The Labute approximate surface area is 135 Å². The number of amides is 1. The number of nitrogens with zero attached hydrogens (tertiary/aromatic N) is 5. The van der Waals surface area contributed by atoms with E-state index in [1.54, 1.807) is 0 Å².